The molecule has 0 amide bonds. The summed E-state index contributed by atoms with van der Waals surface area (Å²) in [5, 5.41) is 9.84. The molecule has 0 aromatic heterocycles. The molecular formula is C19H32O3. The lowest BCUT2D eigenvalue weighted by molar-refractivity contribution is -0.148. The molecule has 0 bridgehead atoms. The quantitative estimate of drug-likeness (QED) is 0.588. The van der Waals surface area contributed by atoms with Crippen molar-refractivity contribution in [2.24, 2.45) is 17.3 Å². The average Bonchev–Trinajstić information content (AvgIpc) is 2.46. The van der Waals surface area contributed by atoms with Gasteiger partial charge in [0, 0.05) is 13.7 Å². The lowest BCUT2D eigenvalue weighted by Crippen LogP contribution is -2.38. The zero-order chi connectivity index (χ0) is 16.6. The fourth-order valence-corrected chi connectivity index (χ4v) is 3.29. The number of hydrogen-bond acceptors (Lipinski definition) is 2. The largest absolute Gasteiger partial charge is 0.481 e. The summed E-state index contributed by atoms with van der Waals surface area (Å²) in [5.41, 5.74) is 0.448. The zero-order valence-corrected chi connectivity index (χ0v) is 14.6. The molecule has 0 spiro atoms. The Labute approximate surface area is 135 Å². The van der Waals surface area contributed by atoms with Gasteiger partial charge in [0.1, 0.15) is 0 Å². The van der Waals surface area contributed by atoms with Gasteiger partial charge in [0.25, 0.3) is 0 Å². The topological polar surface area (TPSA) is 46.5 Å². The van der Waals surface area contributed by atoms with Gasteiger partial charge in [-0.05, 0) is 24.7 Å². The smallest absolute Gasteiger partial charge is 0.314 e. The minimum Gasteiger partial charge on any atom is -0.481 e. The number of rotatable bonds is 10. The van der Waals surface area contributed by atoms with Gasteiger partial charge < -0.3 is 9.84 Å². The van der Waals surface area contributed by atoms with Gasteiger partial charge in [0.15, 0.2) is 0 Å². The molecule has 0 fully saturated rings. The third-order valence-electron chi connectivity index (χ3n) is 4.90. The molecule has 22 heavy (non-hydrogen) atoms. The molecule has 0 aromatic rings. The van der Waals surface area contributed by atoms with Gasteiger partial charge >= 0.3 is 5.97 Å². The van der Waals surface area contributed by atoms with Gasteiger partial charge in [-0.15, -0.1) is 0 Å². The predicted molar refractivity (Wildman–Crippen MR) is 90.9 cm³/mol. The molecular weight excluding hydrogens is 276 g/mol. The van der Waals surface area contributed by atoms with E-state index in [2.05, 4.69) is 19.9 Å². The van der Waals surface area contributed by atoms with Crippen molar-refractivity contribution in [2.45, 2.75) is 59.3 Å². The van der Waals surface area contributed by atoms with E-state index < -0.39 is 11.4 Å². The number of ether oxygens (including phenoxy) is 1. The number of carboxylic acids is 1. The van der Waals surface area contributed by atoms with Gasteiger partial charge in [-0.2, -0.15) is 0 Å². The average molecular weight is 308 g/mol. The molecule has 0 saturated carbocycles. The van der Waals surface area contributed by atoms with E-state index in [9.17, 15) is 9.90 Å². The second kappa shape index (κ2) is 9.14. The lowest BCUT2D eigenvalue weighted by Gasteiger charge is -2.36. The Morgan fingerprint density at radius 3 is 2.68 bits per heavy atom. The van der Waals surface area contributed by atoms with E-state index in [1.807, 2.05) is 19.1 Å². The molecule has 0 heterocycles. The number of unbranched alkanes of at least 4 members (excludes halogenated alkanes) is 2. The molecule has 0 aliphatic heterocycles. The van der Waals surface area contributed by atoms with Crippen LogP contribution in [0.1, 0.15) is 59.3 Å². The van der Waals surface area contributed by atoms with E-state index >= 15 is 0 Å². The van der Waals surface area contributed by atoms with Crippen LogP contribution in [0, 0.1) is 17.3 Å². The van der Waals surface area contributed by atoms with Crippen LogP contribution in [0.5, 0.6) is 0 Å². The number of methoxy groups -OCH3 is 1. The van der Waals surface area contributed by atoms with Crippen LogP contribution in [0.15, 0.2) is 23.8 Å². The number of carboxylic acid groups (broad SMARTS) is 1. The maximum Gasteiger partial charge on any atom is 0.314 e. The summed E-state index contributed by atoms with van der Waals surface area (Å²) in [6, 6.07) is 0. The second-order valence-electron chi connectivity index (χ2n) is 6.90. The molecule has 1 rings (SSSR count). The van der Waals surface area contributed by atoms with Gasteiger partial charge in [-0.1, -0.05) is 70.3 Å². The number of aliphatic carboxylic acids is 1. The van der Waals surface area contributed by atoms with Crippen LogP contribution in [0.3, 0.4) is 0 Å². The molecule has 3 nitrogen and oxygen atoms in total. The third kappa shape index (κ3) is 4.98. The molecule has 3 heteroatoms. The van der Waals surface area contributed by atoms with Gasteiger partial charge in [0.2, 0.25) is 0 Å². The normalized spacial score (nSPS) is 24.6. The van der Waals surface area contributed by atoms with Crippen LogP contribution >= 0.6 is 0 Å². The van der Waals surface area contributed by atoms with E-state index in [1.165, 1.54) is 18.4 Å². The third-order valence-corrected chi connectivity index (χ3v) is 4.90. The molecule has 1 aliphatic carbocycles. The molecule has 2 unspecified atom stereocenters. The number of carbonyl (C=O) groups is 1. The van der Waals surface area contributed by atoms with Crippen molar-refractivity contribution in [2.75, 3.05) is 13.7 Å². The van der Waals surface area contributed by atoms with Crippen molar-refractivity contribution in [3.8, 4) is 0 Å². The Hall–Kier alpha value is -1.09. The molecule has 2 atom stereocenters. The highest BCUT2D eigenvalue weighted by Crippen LogP contribution is 2.43. The van der Waals surface area contributed by atoms with Crippen LogP contribution in [-0.4, -0.2) is 24.8 Å². The summed E-state index contributed by atoms with van der Waals surface area (Å²) in [6.07, 6.45) is 11.9. The molecule has 1 N–H and O–H groups in total. The van der Waals surface area contributed by atoms with Crippen molar-refractivity contribution >= 4 is 5.97 Å². The number of hydrogen-bond donors (Lipinski definition) is 1. The Balaban J connectivity index is 2.65. The molecule has 0 aromatic carbocycles. The standard InChI is InChI=1S/C19H32O3/c1-15(2)9-6-5-7-12-19(18(20)21)13-8-10-17(16(19)3)11-14-22-4/h8,10,13,15-16H,5-7,9,11-12,14H2,1-4H3,(H,20,21). The fraction of sp³-hybridized carbons (Fsp3) is 0.737. The lowest BCUT2D eigenvalue weighted by atomic mass is 9.66. The zero-order valence-electron chi connectivity index (χ0n) is 14.6. The summed E-state index contributed by atoms with van der Waals surface area (Å²) in [5.74, 6) is 0.0730. The summed E-state index contributed by atoms with van der Waals surface area (Å²) >= 11 is 0. The summed E-state index contributed by atoms with van der Waals surface area (Å²) in [6.45, 7) is 7.16. The van der Waals surface area contributed by atoms with Crippen LogP contribution < -0.4 is 0 Å². The maximum atomic E-state index is 12.0. The highest BCUT2D eigenvalue weighted by molar-refractivity contribution is 5.78. The van der Waals surface area contributed by atoms with E-state index in [0.717, 1.165) is 31.6 Å². The first-order chi connectivity index (χ1) is 10.4. The number of allylic oxidation sites excluding steroid dienone is 2. The van der Waals surface area contributed by atoms with E-state index in [-0.39, 0.29) is 5.92 Å². The summed E-state index contributed by atoms with van der Waals surface area (Å²) < 4.78 is 5.14. The van der Waals surface area contributed by atoms with Gasteiger partial charge in [0.05, 0.1) is 5.41 Å². The molecule has 0 radical (unpaired) electrons. The van der Waals surface area contributed by atoms with Crippen LogP contribution in [0.4, 0.5) is 0 Å². The van der Waals surface area contributed by atoms with Gasteiger partial charge in [-0.25, -0.2) is 0 Å². The fourth-order valence-electron chi connectivity index (χ4n) is 3.29. The van der Waals surface area contributed by atoms with Crippen molar-refractivity contribution in [1.29, 1.82) is 0 Å². The molecule has 1 aliphatic rings. The van der Waals surface area contributed by atoms with Crippen molar-refractivity contribution in [3.05, 3.63) is 23.8 Å². The van der Waals surface area contributed by atoms with Crippen molar-refractivity contribution in [3.63, 3.8) is 0 Å². The highest BCUT2D eigenvalue weighted by atomic mass is 16.5. The van der Waals surface area contributed by atoms with Crippen LogP contribution in [0.2, 0.25) is 0 Å². The van der Waals surface area contributed by atoms with Crippen LogP contribution in [0.25, 0.3) is 0 Å². The molecule has 0 saturated heterocycles. The Morgan fingerprint density at radius 2 is 2.09 bits per heavy atom. The van der Waals surface area contributed by atoms with E-state index in [1.54, 1.807) is 7.11 Å². The summed E-state index contributed by atoms with van der Waals surface area (Å²) in [7, 11) is 1.68. The van der Waals surface area contributed by atoms with E-state index in [0.29, 0.717) is 6.61 Å². The predicted octanol–water partition coefficient (Wildman–Crippen LogP) is 4.83. The Kier molecular flexibility index (Phi) is 7.88. The second-order valence-corrected chi connectivity index (χ2v) is 6.90. The Bertz CT molecular complexity index is 409. The van der Waals surface area contributed by atoms with Crippen molar-refractivity contribution < 1.29 is 14.6 Å². The minimum atomic E-state index is -0.740. The monoisotopic (exact) mass is 308 g/mol. The Morgan fingerprint density at radius 1 is 1.36 bits per heavy atom. The van der Waals surface area contributed by atoms with Crippen molar-refractivity contribution in [1.82, 2.24) is 0 Å². The first-order valence-electron chi connectivity index (χ1n) is 8.54. The first kappa shape index (κ1) is 19.0. The first-order valence-corrected chi connectivity index (χ1v) is 8.54. The van der Waals surface area contributed by atoms with E-state index in [4.69, 9.17) is 4.74 Å². The SMILES string of the molecule is COCCC1=CC=CC(CCCCCC(C)C)(C(=O)O)C1C. The highest BCUT2D eigenvalue weighted by Gasteiger charge is 2.43. The van der Waals surface area contributed by atoms with Gasteiger partial charge in [-0.3, -0.25) is 4.79 Å². The maximum absolute atomic E-state index is 12.0. The summed E-state index contributed by atoms with van der Waals surface area (Å²) in [4.78, 5) is 12.0. The molecule has 126 valence electrons. The van der Waals surface area contributed by atoms with Crippen LogP contribution in [-0.2, 0) is 9.53 Å². The minimum absolute atomic E-state index is 0.0373.